The molecular weight excluding hydrogens is 437 g/mol. The third-order valence-electron chi connectivity index (χ3n) is 5.04. The zero-order valence-corrected chi connectivity index (χ0v) is 17.4. The molecule has 1 aliphatic carbocycles. The standard InChI is InChI=1S/C20H22F5N5O2/c1-30(2)12-7-8-26-20(29-12)28-11-5-3-10(4-6-11)27-13(31)9-32-19-17(24)15(22)14(21)16(23)18(19)25/h7-8,10-11H,3-6,9H2,1-2H3,(H,27,31)(H,26,28,29)/t10-,11+. The molecule has 0 radical (unpaired) electrons. The van der Waals surface area contributed by atoms with Gasteiger partial charge in [0.15, 0.2) is 12.4 Å². The van der Waals surface area contributed by atoms with Crippen LogP contribution in [0.25, 0.3) is 0 Å². The summed E-state index contributed by atoms with van der Waals surface area (Å²) in [6, 6.07) is 1.67. The number of benzene rings is 1. The lowest BCUT2D eigenvalue weighted by atomic mass is 9.91. The van der Waals surface area contributed by atoms with E-state index in [0.29, 0.717) is 31.6 Å². The first-order valence-corrected chi connectivity index (χ1v) is 9.87. The third-order valence-corrected chi connectivity index (χ3v) is 5.04. The van der Waals surface area contributed by atoms with Gasteiger partial charge in [-0.3, -0.25) is 4.79 Å². The Labute approximate surface area is 181 Å². The van der Waals surface area contributed by atoms with Crippen LogP contribution in [0.3, 0.4) is 0 Å². The van der Waals surface area contributed by atoms with E-state index in [-0.39, 0.29) is 12.1 Å². The number of carbonyl (C=O) groups excluding carboxylic acids is 1. The summed E-state index contributed by atoms with van der Waals surface area (Å²) in [6.07, 6.45) is 4.29. The number of nitrogens with one attached hydrogen (secondary N) is 2. The largest absolute Gasteiger partial charge is 0.477 e. The van der Waals surface area contributed by atoms with Gasteiger partial charge in [-0.1, -0.05) is 0 Å². The fourth-order valence-electron chi connectivity index (χ4n) is 3.35. The molecule has 1 saturated carbocycles. The second-order valence-electron chi connectivity index (χ2n) is 7.58. The first kappa shape index (κ1) is 23.5. The molecule has 174 valence electrons. The molecule has 1 aromatic heterocycles. The Morgan fingerprint density at radius 3 is 2.16 bits per heavy atom. The van der Waals surface area contributed by atoms with Crippen LogP contribution in [0.1, 0.15) is 25.7 Å². The van der Waals surface area contributed by atoms with E-state index in [1.165, 1.54) is 0 Å². The lowest BCUT2D eigenvalue weighted by molar-refractivity contribution is -0.124. The summed E-state index contributed by atoms with van der Waals surface area (Å²) >= 11 is 0. The van der Waals surface area contributed by atoms with Crippen molar-refractivity contribution >= 4 is 17.7 Å². The van der Waals surface area contributed by atoms with Crippen LogP contribution in [0, 0.1) is 29.1 Å². The lowest BCUT2D eigenvalue weighted by Crippen LogP contribution is -2.42. The van der Waals surface area contributed by atoms with Gasteiger partial charge >= 0.3 is 0 Å². The third kappa shape index (κ3) is 5.35. The molecule has 32 heavy (non-hydrogen) atoms. The molecule has 0 atom stereocenters. The first-order chi connectivity index (χ1) is 15.2. The average Bonchev–Trinajstić information content (AvgIpc) is 2.78. The van der Waals surface area contributed by atoms with Crippen molar-refractivity contribution in [2.45, 2.75) is 37.8 Å². The average molecular weight is 459 g/mol. The highest BCUT2D eigenvalue weighted by atomic mass is 19.2. The number of amides is 1. The van der Waals surface area contributed by atoms with Crippen molar-refractivity contribution in [2.24, 2.45) is 0 Å². The quantitative estimate of drug-likeness (QED) is 0.376. The highest BCUT2D eigenvalue weighted by Crippen LogP contribution is 2.29. The molecule has 1 fully saturated rings. The Bertz CT molecular complexity index is 954. The summed E-state index contributed by atoms with van der Waals surface area (Å²) in [7, 11) is 3.74. The van der Waals surface area contributed by atoms with Crippen LogP contribution in [-0.2, 0) is 4.79 Å². The Hall–Kier alpha value is -3.18. The number of hydrogen-bond donors (Lipinski definition) is 2. The van der Waals surface area contributed by atoms with E-state index in [1.54, 1.807) is 12.3 Å². The lowest BCUT2D eigenvalue weighted by Gasteiger charge is -2.29. The molecule has 1 aromatic carbocycles. The van der Waals surface area contributed by atoms with E-state index in [4.69, 9.17) is 0 Å². The molecule has 0 saturated heterocycles. The van der Waals surface area contributed by atoms with Crippen molar-refractivity contribution in [1.82, 2.24) is 15.3 Å². The van der Waals surface area contributed by atoms with Gasteiger partial charge < -0.3 is 20.3 Å². The van der Waals surface area contributed by atoms with Gasteiger partial charge in [0.05, 0.1) is 0 Å². The second kappa shape index (κ2) is 9.96. The molecular formula is C20H22F5N5O2. The minimum Gasteiger partial charge on any atom is -0.477 e. The summed E-state index contributed by atoms with van der Waals surface area (Å²) in [5, 5.41) is 5.89. The Morgan fingerprint density at radius 2 is 1.56 bits per heavy atom. The van der Waals surface area contributed by atoms with Crippen LogP contribution in [0.2, 0.25) is 0 Å². The Kier molecular flexibility index (Phi) is 7.31. The van der Waals surface area contributed by atoms with Crippen molar-refractivity contribution in [3.05, 3.63) is 41.3 Å². The fraction of sp³-hybridized carbons (Fsp3) is 0.450. The van der Waals surface area contributed by atoms with Crippen LogP contribution in [0.4, 0.5) is 33.7 Å². The molecule has 3 rings (SSSR count). The predicted molar refractivity (Wildman–Crippen MR) is 106 cm³/mol. The smallest absolute Gasteiger partial charge is 0.258 e. The fourth-order valence-corrected chi connectivity index (χ4v) is 3.35. The minimum absolute atomic E-state index is 0.102. The molecule has 2 N–H and O–H groups in total. The van der Waals surface area contributed by atoms with Crippen LogP contribution >= 0.6 is 0 Å². The van der Waals surface area contributed by atoms with E-state index in [9.17, 15) is 26.7 Å². The van der Waals surface area contributed by atoms with E-state index in [1.807, 2.05) is 19.0 Å². The molecule has 0 unspecified atom stereocenters. The van der Waals surface area contributed by atoms with Gasteiger partial charge in [0, 0.05) is 32.4 Å². The van der Waals surface area contributed by atoms with Crippen LogP contribution in [0.5, 0.6) is 5.75 Å². The summed E-state index contributed by atoms with van der Waals surface area (Å²) in [5.41, 5.74) is 0. The van der Waals surface area contributed by atoms with Gasteiger partial charge in [-0.15, -0.1) is 0 Å². The normalized spacial score (nSPS) is 18.2. The van der Waals surface area contributed by atoms with Crippen LogP contribution in [-0.4, -0.2) is 48.7 Å². The number of carbonyl (C=O) groups is 1. The Morgan fingerprint density at radius 1 is 1.00 bits per heavy atom. The molecule has 2 aromatic rings. The van der Waals surface area contributed by atoms with Crippen LogP contribution in [0.15, 0.2) is 12.3 Å². The minimum atomic E-state index is -2.29. The van der Waals surface area contributed by atoms with Crippen molar-refractivity contribution in [2.75, 3.05) is 30.9 Å². The zero-order valence-electron chi connectivity index (χ0n) is 17.4. The van der Waals surface area contributed by atoms with Gasteiger partial charge in [0.1, 0.15) is 5.82 Å². The van der Waals surface area contributed by atoms with Gasteiger partial charge in [0.25, 0.3) is 5.91 Å². The summed E-state index contributed by atoms with van der Waals surface area (Å²) in [6.45, 7) is -0.887. The maximum absolute atomic E-state index is 13.6. The zero-order chi connectivity index (χ0) is 23.4. The topological polar surface area (TPSA) is 79.4 Å². The maximum Gasteiger partial charge on any atom is 0.258 e. The SMILES string of the molecule is CN(C)c1ccnc(N[C@H]2CC[C@@H](NC(=O)COc3c(F)c(F)c(F)c(F)c3F)CC2)n1. The monoisotopic (exact) mass is 459 g/mol. The van der Waals surface area contributed by atoms with Gasteiger partial charge in [0.2, 0.25) is 35.0 Å². The molecule has 1 heterocycles. The molecule has 1 aliphatic rings. The predicted octanol–water partition coefficient (Wildman–Crippen LogP) is 3.16. The van der Waals surface area contributed by atoms with E-state index < -0.39 is 47.3 Å². The van der Waals surface area contributed by atoms with Gasteiger partial charge in [-0.25, -0.2) is 18.2 Å². The van der Waals surface area contributed by atoms with E-state index >= 15 is 0 Å². The Balaban J connectivity index is 1.48. The number of anilines is 2. The number of ether oxygens (including phenoxy) is 1. The molecule has 0 bridgehead atoms. The highest BCUT2D eigenvalue weighted by Gasteiger charge is 2.28. The summed E-state index contributed by atoms with van der Waals surface area (Å²) < 4.78 is 71.2. The van der Waals surface area contributed by atoms with Gasteiger partial charge in [-0.05, 0) is 31.7 Å². The molecule has 0 spiro atoms. The maximum atomic E-state index is 13.6. The van der Waals surface area contributed by atoms with E-state index in [2.05, 4.69) is 25.3 Å². The number of halogens is 5. The molecule has 7 nitrogen and oxygen atoms in total. The van der Waals surface area contributed by atoms with Crippen molar-refractivity contribution in [3.8, 4) is 5.75 Å². The number of nitrogens with zero attached hydrogens (tertiary/aromatic N) is 3. The highest BCUT2D eigenvalue weighted by molar-refractivity contribution is 5.77. The second-order valence-corrected chi connectivity index (χ2v) is 7.58. The van der Waals surface area contributed by atoms with Crippen molar-refractivity contribution < 1.29 is 31.5 Å². The molecule has 1 amide bonds. The summed E-state index contributed by atoms with van der Waals surface area (Å²) in [4.78, 5) is 22.5. The van der Waals surface area contributed by atoms with Crippen molar-refractivity contribution in [1.29, 1.82) is 0 Å². The molecule has 0 aliphatic heterocycles. The first-order valence-electron chi connectivity index (χ1n) is 9.87. The van der Waals surface area contributed by atoms with E-state index in [0.717, 1.165) is 5.82 Å². The number of hydrogen-bond acceptors (Lipinski definition) is 6. The molecule has 12 heteroatoms. The van der Waals surface area contributed by atoms with Crippen LogP contribution < -0.4 is 20.3 Å². The number of aromatic nitrogens is 2. The number of rotatable bonds is 7. The summed E-state index contributed by atoms with van der Waals surface area (Å²) in [5.74, 6) is -11.8. The van der Waals surface area contributed by atoms with Gasteiger partial charge in [-0.2, -0.15) is 13.8 Å². The van der Waals surface area contributed by atoms with Crippen molar-refractivity contribution in [3.63, 3.8) is 0 Å².